The van der Waals surface area contributed by atoms with Gasteiger partial charge in [0.15, 0.2) is 0 Å². The molecule has 12 heavy (non-hydrogen) atoms. The molecule has 0 radical (unpaired) electrons. The summed E-state index contributed by atoms with van der Waals surface area (Å²) >= 11 is 2.07. The maximum atomic E-state index is 5.24. The molecule has 0 aromatic carbocycles. The molecule has 2 nitrogen and oxygen atoms in total. The molecule has 1 saturated heterocycles. The van der Waals surface area contributed by atoms with Gasteiger partial charge in [0.1, 0.15) is 0 Å². The van der Waals surface area contributed by atoms with Gasteiger partial charge < -0.3 is 10.1 Å². The van der Waals surface area contributed by atoms with Crippen LogP contribution < -0.4 is 5.32 Å². The number of methoxy groups -OCH3 is 1. The van der Waals surface area contributed by atoms with Crippen molar-refractivity contribution in [2.45, 2.75) is 37.5 Å². The first-order chi connectivity index (χ1) is 5.88. The van der Waals surface area contributed by atoms with E-state index in [2.05, 4.69) is 17.1 Å². The largest absolute Gasteiger partial charge is 0.381 e. The summed E-state index contributed by atoms with van der Waals surface area (Å²) in [4.78, 5) is 0. The number of rotatable bonds is 3. The normalized spacial score (nSPS) is 41.2. The summed E-state index contributed by atoms with van der Waals surface area (Å²) in [5.41, 5.74) is 0. The van der Waals surface area contributed by atoms with Crippen LogP contribution in [0.15, 0.2) is 0 Å². The Balaban J connectivity index is 1.62. The quantitative estimate of drug-likeness (QED) is 0.718. The van der Waals surface area contributed by atoms with Gasteiger partial charge in [0.05, 0.1) is 6.10 Å². The third-order valence-corrected chi connectivity index (χ3v) is 3.99. The molecule has 2 fully saturated rings. The number of hydrogen-bond donors (Lipinski definition) is 1. The molecule has 2 aliphatic rings. The molecule has 0 aromatic rings. The monoisotopic (exact) mass is 187 g/mol. The highest BCUT2D eigenvalue weighted by atomic mass is 32.2. The van der Waals surface area contributed by atoms with Crippen molar-refractivity contribution >= 4 is 11.8 Å². The Morgan fingerprint density at radius 3 is 2.75 bits per heavy atom. The van der Waals surface area contributed by atoms with Crippen molar-refractivity contribution in [3.05, 3.63) is 0 Å². The molecule has 1 unspecified atom stereocenters. The Kier molecular flexibility index (Phi) is 2.94. The first-order valence-corrected chi connectivity index (χ1v) is 5.90. The van der Waals surface area contributed by atoms with Crippen molar-refractivity contribution in [2.75, 3.05) is 18.6 Å². The Hall–Kier alpha value is 0.270. The predicted octanol–water partition coefficient (Wildman–Crippen LogP) is 1.26. The van der Waals surface area contributed by atoms with Crippen LogP contribution in [0.4, 0.5) is 0 Å². The van der Waals surface area contributed by atoms with Gasteiger partial charge >= 0.3 is 0 Å². The SMILES string of the molecule is COC1CC(NC2CCSC2)C1. The first-order valence-electron chi connectivity index (χ1n) is 4.75. The van der Waals surface area contributed by atoms with Gasteiger partial charge in [-0.1, -0.05) is 0 Å². The third kappa shape index (κ3) is 1.95. The zero-order chi connectivity index (χ0) is 8.39. The van der Waals surface area contributed by atoms with Crippen LogP contribution in [0.3, 0.4) is 0 Å². The summed E-state index contributed by atoms with van der Waals surface area (Å²) in [5, 5.41) is 3.68. The average molecular weight is 187 g/mol. The number of nitrogens with one attached hydrogen (secondary N) is 1. The van der Waals surface area contributed by atoms with Crippen LogP contribution in [0.25, 0.3) is 0 Å². The number of ether oxygens (including phenoxy) is 1. The molecule has 0 amide bonds. The zero-order valence-corrected chi connectivity index (χ0v) is 8.40. The van der Waals surface area contributed by atoms with E-state index in [-0.39, 0.29) is 0 Å². The molecule has 2 rings (SSSR count). The van der Waals surface area contributed by atoms with Crippen LogP contribution in [-0.2, 0) is 4.74 Å². The predicted molar refractivity (Wildman–Crippen MR) is 52.7 cm³/mol. The van der Waals surface area contributed by atoms with E-state index in [9.17, 15) is 0 Å². The number of hydrogen-bond acceptors (Lipinski definition) is 3. The standard InChI is InChI=1S/C9H17NOS/c1-11-9-4-8(5-9)10-7-2-3-12-6-7/h7-10H,2-6H2,1H3. The average Bonchev–Trinajstić information content (AvgIpc) is 2.47. The van der Waals surface area contributed by atoms with E-state index in [1.807, 2.05) is 7.11 Å². The van der Waals surface area contributed by atoms with E-state index in [0.29, 0.717) is 6.10 Å². The lowest BCUT2D eigenvalue weighted by Gasteiger charge is -2.36. The number of thioether (sulfide) groups is 1. The third-order valence-electron chi connectivity index (χ3n) is 2.83. The van der Waals surface area contributed by atoms with Gasteiger partial charge in [-0.3, -0.25) is 0 Å². The van der Waals surface area contributed by atoms with Crippen LogP contribution in [0.2, 0.25) is 0 Å². The van der Waals surface area contributed by atoms with Crippen LogP contribution in [0.5, 0.6) is 0 Å². The van der Waals surface area contributed by atoms with Crippen molar-refractivity contribution < 1.29 is 4.74 Å². The lowest BCUT2D eigenvalue weighted by atomic mass is 9.88. The van der Waals surface area contributed by atoms with Crippen LogP contribution >= 0.6 is 11.8 Å². The minimum absolute atomic E-state index is 0.538. The van der Waals surface area contributed by atoms with Gasteiger partial charge in [-0.15, -0.1) is 0 Å². The highest BCUT2D eigenvalue weighted by molar-refractivity contribution is 7.99. The van der Waals surface area contributed by atoms with Crippen LogP contribution in [0.1, 0.15) is 19.3 Å². The van der Waals surface area contributed by atoms with E-state index < -0.39 is 0 Å². The molecule has 1 saturated carbocycles. The second kappa shape index (κ2) is 3.99. The van der Waals surface area contributed by atoms with Crippen LogP contribution in [0, 0.1) is 0 Å². The van der Waals surface area contributed by atoms with E-state index >= 15 is 0 Å². The maximum Gasteiger partial charge on any atom is 0.0601 e. The smallest absolute Gasteiger partial charge is 0.0601 e. The van der Waals surface area contributed by atoms with Gasteiger partial charge in [-0.25, -0.2) is 0 Å². The van der Waals surface area contributed by atoms with Crippen LogP contribution in [-0.4, -0.2) is 36.8 Å². The molecular formula is C9H17NOS. The molecule has 1 aliphatic heterocycles. The van der Waals surface area contributed by atoms with Gasteiger partial charge in [0.25, 0.3) is 0 Å². The second-order valence-electron chi connectivity index (χ2n) is 3.75. The summed E-state index contributed by atoms with van der Waals surface area (Å²) in [6, 6.07) is 1.54. The van der Waals surface area contributed by atoms with Crippen molar-refractivity contribution in [2.24, 2.45) is 0 Å². The molecule has 0 aromatic heterocycles. The van der Waals surface area contributed by atoms with E-state index in [1.54, 1.807) is 0 Å². The van der Waals surface area contributed by atoms with Crippen molar-refractivity contribution in [3.8, 4) is 0 Å². The van der Waals surface area contributed by atoms with Gasteiger partial charge in [-0.2, -0.15) is 11.8 Å². The molecule has 3 heteroatoms. The Morgan fingerprint density at radius 2 is 2.17 bits per heavy atom. The summed E-state index contributed by atoms with van der Waals surface area (Å²) in [6.07, 6.45) is 4.34. The van der Waals surface area contributed by atoms with E-state index in [0.717, 1.165) is 12.1 Å². The molecule has 1 heterocycles. The van der Waals surface area contributed by atoms with Gasteiger partial charge in [0, 0.05) is 24.9 Å². The molecule has 70 valence electrons. The van der Waals surface area contributed by atoms with Gasteiger partial charge in [-0.05, 0) is 25.0 Å². The fourth-order valence-corrected chi connectivity index (χ4v) is 3.06. The molecule has 1 atom stereocenters. The topological polar surface area (TPSA) is 21.3 Å². The second-order valence-corrected chi connectivity index (χ2v) is 4.90. The Bertz CT molecular complexity index is 141. The minimum Gasteiger partial charge on any atom is -0.381 e. The van der Waals surface area contributed by atoms with E-state index in [4.69, 9.17) is 4.74 Å². The summed E-state index contributed by atoms with van der Waals surface area (Å²) < 4.78 is 5.24. The van der Waals surface area contributed by atoms with Crippen molar-refractivity contribution in [3.63, 3.8) is 0 Å². The van der Waals surface area contributed by atoms with E-state index in [1.165, 1.54) is 30.8 Å². The maximum absolute atomic E-state index is 5.24. The van der Waals surface area contributed by atoms with Crippen molar-refractivity contribution in [1.82, 2.24) is 5.32 Å². The van der Waals surface area contributed by atoms with Crippen molar-refractivity contribution in [1.29, 1.82) is 0 Å². The lowest BCUT2D eigenvalue weighted by molar-refractivity contribution is 0.0150. The summed E-state index contributed by atoms with van der Waals surface area (Å²) in [5.74, 6) is 2.66. The molecule has 0 bridgehead atoms. The Labute approximate surface area is 78.4 Å². The summed E-state index contributed by atoms with van der Waals surface area (Å²) in [7, 11) is 1.81. The fraction of sp³-hybridized carbons (Fsp3) is 1.00. The lowest BCUT2D eigenvalue weighted by Crippen LogP contribution is -2.49. The highest BCUT2D eigenvalue weighted by Gasteiger charge is 2.31. The van der Waals surface area contributed by atoms with Gasteiger partial charge in [0.2, 0.25) is 0 Å². The minimum atomic E-state index is 0.538. The molecule has 1 N–H and O–H groups in total. The fourth-order valence-electron chi connectivity index (χ4n) is 1.89. The summed E-state index contributed by atoms with van der Waals surface area (Å²) in [6.45, 7) is 0. The zero-order valence-electron chi connectivity index (χ0n) is 7.58. The Morgan fingerprint density at radius 1 is 1.33 bits per heavy atom. The molecular weight excluding hydrogens is 170 g/mol. The first kappa shape index (κ1) is 8.85. The molecule has 1 aliphatic carbocycles. The molecule has 0 spiro atoms. The highest BCUT2D eigenvalue weighted by Crippen LogP contribution is 2.25.